The molecular weight excluding hydrogens is 306 g/mol. The van der Waals surface area contributed by atoms with E-state index < -0.39 is 0 Å². The van der Waals surface area contributed by atoms with Crippen molar-refractivity contribution in [1.82, 2.24) is 15.1 Å². The van der Waals surface area contributed by atoms with Crippen LogP contribution in [0.3, 0.4) is 0 Å². The zero-order chi connectivity index (χ0) is 16.9. The first-order chi connectivity index (χ1) is 11.6. The van der Waals surface area contributed by atoms with Crippen LogP contribution in [-0.4, -0.2) is 34.4 Å². The van der Waals surface area contributed by atoms with Crippen LogP contribution in [-0.2, 0) is 16.1 Å². The molecule has 24 heavy (non-hydrogen) atoms. The van der Waals surface area contributed by atoms with Gasteiger partial charge in [-0.15, -0.1) is 0 Å². The van der Waals surface area contributed by atoms with Crippen LogP contribution in [0.4, 0.5) is 0 Å². The summed E-state index contributed by atoms with van der Waals surface area (Å²) in [6, 6.07) is 7.36. The smallest absolute Gasteiger partial charge is 0.274 e. The van der Waals surface area contributed by atoms with Crippen LogP contribution in [0.1, 0.15) is 32.6 Å². The van der Waals surface area contributed by atoms with Gasteiger partial charge in [0.05, 0.1) is 30.3 Å². The van der Waals surface area contributed by atoms with Gasteiger partial charge in [0.1, 0.15) is 0 Å². The molecule has 0 bridgehead atoms. The van der Waals surface area contributed by atoms with E-state index in [0.717, 1.165) is 24.6 Å². The number of nitrogens with one attached hydrogen (secondary N) is 1. The summed E-state index contributed by atoms with van der Waals surface area (Å²) >= 11 is 0. The van der Waals surface area contributed by atoms with Crippen LogP contribution in [0, 0.1) is 0 Å². The second-order valence-electron chi connectivity index (χ2n) is 6.29. The van der Waals surface area contributed by atoms with E-state index in [-0.39, 0.29) is 17.6 Å². The lowest BCUT2D eigenvalue weighted by Crippen LogP contribution is -2.32. The average molecular weight is 329 g/mol. The topological polar surface area (TPSA) is 73.2 Å². The molecule has 0 aliphatic carbocycles. The van der Waals surface area contributed by atoms with Crippen LogP contribution in [0.5, 0.6) is 0 Å². The lowest BCUT2D eigenvalue weighted by atomic mass is 10.1. The minimum atomic E-state index is -0.129. The van der Waals surface area contributed by atoms with Gasteiger partial charge in [0.15, 0.2) is 0 Å². The highest BCUT2D eigenvalue weighted by Crippen LogP contribution is 2.22. The molecule has 6 nitrogen and oxygen atoms in total. The van der Waals surface area contributed by atoms with Crippen molar-refractivity contribution in [2.24, 2.45) is 0 Å². The van der Waals surface area contributed by atoms with Gasteiger partial charge < -0.3 is 10.1 Å². The third-order valence-corrected chi connectivity index (χ3v) is 4.42. The van der Waals surface area contributed by atoms with Crippen LogP contribution in [0.2, 0.25) is 0 Å². The Morgan fingerprint density at radius 2 is 2.21 bits per heavy atom. The van der Waals surface area contributed by atoms with Crippen LogP contribution in [0.15, 0.2) is 35.3 Å². The average Bonchev–Trinajstić information content (AvgIpc) is 3.01. The molecule has 0 radical (unpaired) electrons. The normalized spacial score (nSPS) is 20.4. The largest absolute Gasteiger partial charge is 0.375 e. The summed E-state index contributed by atoms with van der Waals surface area (Å²) in [5.74, 6) is -0.00742. The predicted molar refractivity (Wildman–Crippen MR) is 91.8 cm³/mol. The highest BCUT2D eigenvalue weighted by atomic mass is 16.5. The van der Waals surface area contributed by atoms with E-state index in [0.29, 0.717) is 31.0 Å². The molecule has 1 aliphatic rings. The van der Waals surface area contributed by atoms with Crippen LogP contribution >= 0.6 is 0 Å². The minimum Gasteiger partial charge on any atom is -0.375 e. The zero-order valence-electron chi connectivity index (χ0n) is 13.9. The molecule has 1 amide bonds. The van der Waals surface area contributed by atoms with E-state index in [9.17, 15) is 9.59 Å². The van der Waals surface area contributed by atoms with Gasteiger partial charge in [-0.05, 0) is 32.3 Å². The van der Waals surface area contributed by atoms with Gasteiger partial charge in [0.25, 0.3) is 5.56 Å². The number of rotatable bonds is 6. The summed E-state index contributed by atoms with van der Waals surface area (Å²) < 4.78 is 7.10. The number of nitrogens with zero attached hydrogens (tertiary/aromatic N) is 2. The van der Waals surface area contributed by atoms with E-state index in [1.54, 1.807) is 12.3 Å². The first kappa shape index (κ1) is 16.6. The fraction of sp³-hybridized carbons (Fsp3) is 0.500. The number of carbonyl (C=O) groups excluding carboxylic acids is 1. The predicted octanol–water partition coefficient (Wildman–Crippen LogP) is 1.86. The van der Waals surface area contributed by atoms with E-state index in [1.807, 2.05) is 18.2 Å². The van der Waals surface area contributed by atoms with Crippen molar-refractivity contribution in [3.8, 4) is 0 Å². The molecule has 0 spiro atoms. The van der Waals surface area contributed by atoms with Gasteiger partial charge in [-0.2, -0.15) is 5.10 Å². The van der Waals surface area contributed by atoms with Crippen molar-refractivity contribution in [3.63, 3.8) is 0 Å². The summed E-state index contributed by atoms with van der Waals surface area (Å²) in [4.78, 5) is 24.2. The lowest BCUT2D eigenvalue weighted by Gasteiger charge is -2.11. The number of hydrogen-bond donors (Lipinski definition) is 1. The lowest BCUT2D eigenvalue weighted by molar-refractivity contribution is -0.121. The fourth-order valence-electron chi connectivity index (χ4n) is 3.07. The Labute approximate surface area is 140 Å². The highest BCUT2D eigenvalue weighted by Gasteiger charge is 2.22. The quantitative estimate of drug-likeness (QED) is 0.878. The first-order valence-corrected chi connectivity index (χ1v) is 8.50. The molecule has 1 aromatic carbocycles. The van der Waals surface area contributed by atoms with Crippen molar-refractivity contribution in [1.29, 1.82) is 0 Å². The minimum absolute atomic E-state index is 0.00742. The Balaban J connectivity index is 1.47. The molecule has 0 saturated carbocycles. The van der Waals surface area contributed by atoms with Gasteiger partial charge in [0.2, 0.25) is 5.91 Å². The molecule has 2 aromatic rings. The Morgan fingerprint density at radius 3 is 3.00 bits per heavy atom. The van der Waals surface area contributed by atoms with Crippen molar-refractivity contribution < 1.29 is 9.53 Å². The number of benzene rings is 1. The van der Waals surface area contributed by atoms with Gasteiger partial charge in [-0.3, -0.25) is 9.59 Å². The monoisotopic (exact) mass is 329 g/mol. The van der Waals surface area contributed by atoms with Gasteiger partial charge in [0, 0.05) is 18.4 Å². The number of carbonyl (C=O) groups is 1. The summed E-state index contributed by atoms with van der Waals surface area (Å²) in [5.41, 5.74) is -0.129. The summed E-state index contributed by atoms with van der Waals surface area (Å²) in [5, 5.41) is 8.47. The molecule has 1 saturated heterocycles. The maximum absolute atomic E-state index is 12.3. The Bertz CT molecular complexity index is 771. The highest BCUT2D eigenvalue weighted by molar-refractivity contribution is 5.80. The maximum Gasteiger partial charge on any atom is 0.274 e. The van der Waals surface area contributed by atoms with Crippen LogP contribution < -0.4 is 10.9 Å². The third-order valence-electron chi connectivity index (χ3n) is 4.42. The van der Waals surface area contributed by atoms with Crippen molar-refractivity contribution in [3.05, 3.63) is 40.8 Å². The molecular formula is C18H23N3O3. The number of hydrogen-bond acceptors (Lipinski definition) is 4. The van der Waals surface area contributed by atoms with E-state index in [2.05, 4.69) is 17.3 Å². The van der Waals surface area contributed by atoms with Crippen molar-refractivity contribution >= 4 is 16.7 Å². The molecule has 3 rings (SSSR count). The van der Waals surface area contributed by atoms with Gasteiger partial charge in [-0.1, -0.05) is 18.2 Å². The number of fused-ring (bicyclic) bond motifs is 1. The molecule has 128 valence electrons. The molecule has 1 aromatic heterocycles. The zero-order valence-corrected chi connectivity index (χ0v) is 13.9. The Morgan fingerprint density at radius 1 is 1.38 bits per heavy atom. The summed E-state index contributed by atoms with van der Waals surface area (Å²) in [6.45, 7) is 2.83. The number of amides is 1. The Kier molecular flexibility index (Phi) is 5.25. The molecule has 6 heteroatoms. The second kappa shape index (κ2) is 7.57. The molecule has 2 heterocycles. The van der Waals surface area contributed by atoms with Gasteiger partial charge >= 0.3 is 0 Å². The molecule has 1 aliphatic heterocycles. The van der Waals surface area contributed by atoms with Crippen molar-refractivity contribution in [2.75, 3.05) is 6.54 Å². The van der Waals surface area contributed by atoms with E-state index in [4.69, 9.17) is 4.74 Å². The van der Waals surface area contributed by atoms with Crippen LogP contribution in [0.25, 0.3) is 10.8 Å². The molecule has 1 fully saturated rings. The number of ether oxygens (including phenoxy) is 1. The molecule has 1 N–H and O–H groups in total. The van der Waals surface area contributed by atoms with E-state index in [1.165, 1.54) is 4.68 Å². The van der Waals surface area contributed by atoms with Gasteiger partial charge in [-0.25, -0.2) is 4.68 Å². The molecule has 2 atom stereocenters. The maximum atomic E-state index is 12.3. The summed E-state index contributed by atoms with van der Waals surface area (Å²) in [7, 11) is 0. The summed E-state index contributed by atoms with van der Waals surface area (Å²) in [6.07, 6.45) is 5.51. The third kappa shape index (κ3) is 4.00. The van der Waals surface area contributed by atoms with E-state index >= 15 is 0 Å². The first-order valence-electron chi connectivity index (χ1n) is 8.50. The number of aromatic nitrogens is 2. The van der Waals surface area contributed by atoms with Crippen molar-refractivity contribution in [2.45, 2.75) is 51.4 Å². The molecule has 2 unspecified atom stereocenters. The Hall–Kier alpha value is -2.21. The SMILES string of the molecule is CC1CCC(CCC(=O)NCCn2ncc3ccccc3c2=O)O1. The second-order valence-corrected chi connectivity index (χ2v) is 6.29. The standard InChI is InChI=1S/C18H23N3O3/c1-13-6-7-15(24-13)8-9-17(22)19-10-11-21-18(23)16-5-3-2-4-14(16)12-20-21/h2-5,12-13,15H,6-11H2,1H3,(H,19,22). The fourth-order valence-corrected chi connectivity index (χ4v) is 3.07.